The van der Waals surface area contributed by atoms with E-state index in [1.165, 1.54) is 35.8 Å². The number of ether oxygens (including phenoxy) is 4. The Labute approximate surface area is 435 Å². The van der Waals surface area contributed by atoms with Gasteiger partial charge in [0.05, 0.1) is 48.8 Å². The Morgan fingerprint density at radius 2 is 1.47 bits per heavy atom. The zero-order chi connectivity index (χ0) is 52.1. The largest absolute Gasteiger partial charge is 0.493 e. The molecule has 0 spiro atoms. The van der Waals surface area contributed by atoms with E-state index in [9.17, 15) is 29.1 Å². The minimum Gasteiger partial charge on any atom is -0.493 e. The van der Waals surface area contributed by atoms with Crippen molar-refractivity contribution in [2.45, 2.75) is 75.6 Å². The molecule has 4 aliphatic heterocycles. The number of nitrogens with one attached hydrogen (secondary N) is 3. The zero-order valence-corrected chi connectivity index (χ0v) is 42.8. The third-order valence-corrected chi connectivity index (χ3v) is 16.4. The highest BCUT2D eigenvalue weighted by atomic mass is 33.1. The monoisotopic (exact) mass is 1040 g/mol. The Balaban J connectivity index is 0.922. The van der Waals surface area contributed by atoms with Crippen molar-refractivity contribution in [2.75, 3.05) is 53.6 Å². The first-order chi connectivity index (χ1) is 35.7. The summed E-state index contributed by atoms with van der Waals surface area (Å²) < 4.78 is 24.0. The van der Waals surface area contributed by atoms with Gasteiger partial charge in [-0.05, 0) is 91.4 Å². The number of fused-ring (bicyclic) bond motifs is 8. The van der Waals surface area contributed by atoms with E-state index in [0.717, 1.165) is 28.9 Å². The highest BCUT2D eigenvalue weighted by molar-refractivity contribution is 8.77. The van der Waals surface area contributed by atoms with Crippen LogP contribution >= 0.6 is 21.6 Å². The summed E-state index contributed by atoms with van der Waals surface area (Å²) in [6.45, 7) is 7.20. The molecule has 0 aromatic heterocycles. The first kappa shape index (κ1) is 51.2. The number of carbonyl (C=O) groups excluding carboxylic acids is 4. The Bertz CT molecular complexity index is 3060. The van der Waals surface area contributed by atoms with Gasteiger partial charge in [0.15, 0.2) is 29.6 Å². The lowest BCUT2D eigenvalue weighted by atomic mass is 10.1. The third kappa shape index (κ3) is 11.3. The van der Waals surface area contributed by atoms with Gasteiger partial charge in [0, 0.05) is 72.0 Å². The van der Waals surface area contributed by atoms with Gasteiger partial charge in [0.2, 0.25) is 5.91 Å². The van der Waals surface area contributed by atoms with Gasteiger partial charge in [0.1, 0.15) is 19.3 Å². The van der Waals surface area contributed by atoms with Gasteiger partial charge in [-0.1, -0.05) is 58.0 Å². The fraction of sp³-hybridized carbons (Fsp3) is 0.315. The SMILES string of the molecule is C=NOCC(=O)NC(CSSC(C)(C)CCC(=O)Nc1cc(COc2cc3c(cc2OC)C(=O)N2c4ccccc4C[C@H]2C=N3)cc(COc2cc3c(cc2OC)C(=O)N2c4ccccc4C[C@H]2CN3)c1)C(=O)O. The lowest BCUT2D eigenvalue weighted by molar-refractivity contribution is -0.141. The van der Waals surface area contributed by atoms with E-state index in [1.54, 1.807) is 41.4 Å². The van der Waals surface area contributed by atoms with Crippen LogP contribution < -0.4 is 44.7 Å². The van der Waals surface area contributed by atoms with E-state index < -0.39 is 29.3 Å². The molecule has 20 heteroatoms. The lowest BCUT2D eigenvalue weighted by Crippen LogP contribution is -2.43. The Morgan fingerprint density at radius 1 is 0.838 bits per heavy atom. The molecule has 4 heterocycles. The van der Waals surface area contributed by atoms with E-state index in [-0.39, 0.29) is 55.2 Å². The fourth-order valence-corrected chi connectivity index (χ4v) is 12.1. The normalized spacial score (nSPS) is 16.4. The van der Waals surface area contributed by atoms with Gasteiger partial charge in [-0.2, -0.15) is 0 Å². The molecular formula is C54H55N7O11S2. The maximum absolute atomic E-state index is 14.1. The second-order valence-corrected chi connectivity index (χ2v) is 21.7. The van der Waals surface area contributed by atoms with Crippen LogP contribution in [0.2, 0.25) is 0 Å². The molecule has 1 unspecified atom stereocenters. The standard InChI is InChI=1S/C54H55N7O11S2/c1-54(2,74-73-30-42(53(66)67)59-50(63)29-72-55-3)15-14-49(62)58-35-17-31(27-70-47-23-40-38(21-45(47)68-4)51(64)60-36(25-56-40)19-33-10-6-8-12-43(33)60)16-32(18-35)28-71-48-24-41-39(22-46(48)69-5)52(65)61-37(26-57-41)20-34-11-7-9-13-44(34)61/h6-13,16-18,21-25,36-37,42,57H,3,14-15,19-20,26-30H2,1-2,4-5H3,(H,58,62)(H,59,63)(H,66,67)/t36-,37-,42?/m0/s1. The van der Waals surface area contributed by atoms with Crippen LogP contribution in [0.4, 0.5) is 28.4 Å². The molecule has 0 bridgehead atoms. The van der Waals surface area contributed by atoms with Crippen molar-refractivity contribution >= 4 is 92.6 Å². The van der Waals surface area contributed by atoms with Crippen LogP contribution in [0.1, 0.15) is 69.7 Å². The highest BCUT2D eigenvalue weighted by Crippen LogP contribution is 2.44. The van der Waals surface area contributed by atoms with Gasteiger partial charge < -0.3 is 49.7 Å². The third-order valence-electron chi connectivity index (χ3n) is 13.0. The highest BCUT2D eigenvalue weighted by Gasteiger charge is 2.39. The van der Waals surface area contributed by atoms with Crippen LogP contribution in [0.15, 0.2) is 101 Å². The molecule has 4 aliphatic rings. The summed E-state index contributed by atoms with van der Waals surface area (Å²) in [7, 11) is 5.72. The number of methoxy groups -OCH3 is 2. The number of carboxylic acid groups (broad SMARTS) is 1. The van der Waals surface area contributed by atoms with Crippen LogP contribution in [0.3, 0.4) is 0 Å². The first-order valence-corrected chi connectivity index (χ1v) is 26.2. The average molecular weight is 1040 g/mol. The molecule has 5 aromatic carbocycles. The Hall–Kier alpha value is -7.71. The molecule has 0 saturated carbocycles. The van der Waals surface area contributed by atoms with Gasteiger partial charge in [-0.3, -0.25) is 29.1 Å². The van der Waals surface area contributed by atoms with Crippen molar-refractivity contribution in [1.29, 1.82) is 0 Å². The number of oxime groups is 1. The maximum Gasteiger partial charge on any atom is 0.327 e. The minimum absolute atomic E-state index is 0.0253. The molecule has 0 saturated heterocycles. The van der Waals surface area contributed by atoms with Crippen LogP contribution in [-0.4, -0.2) is 104 Å². The van der Waals surface area contributed by atoms with E-state index in [4.69, 9.17) is 23.9 Å². The first-order valence-electron chi connectivity index (χ1n) is 23.9. The van der Waals surface area contributed by atoms with Crippen molar-refractivity contribution in [3.8, 4) is 23.0 Å². The van der Waals surface area contributed by atoms with Crippen molar-refractivity contribution < 1.29 is 52.9 Å². The molecule has 18 nitrogen and oxygen atoms in total. The number of benzene rings is 5. The number of rotatable bonds is 21. The zero-order valence-electron chi connectivity index (χ0n) is 41.2. The number of hydrogen-bond donors (Lipinski definition) is 4. The number of hydrogen-bond acceptors (Lipinski definition) is 15. The Morgan fingerprint density at radius 3 is 2.15 bits per heavy atom. The molecular weight excluding hydrogens is 987 g/mol. The number of aliphatic carboxylic acids is 1. The molecule has 5 aromatic rings. The summed E-state index contributed by atoms with van der Waals surface area (Å²) in [4.78, 5) is 78.8. The summed E-state index contributed by atoms with van der Waals surface area (Å²) >= 11 is 0. The van der Waals surface area contributed by atoms with E-state index in [2.05, 4.69) is 38.7 Å². The fourth-order valence-electron chi connectivity index (χ4n) is 9.38. The smallest absolute Gasteiger partial charge is 0.327 e. The van der Waals surface area contributed by atoms with Crippen LogP contribution in [-0.2, 0) is 45.3 Å². The van der Waals surface area contributed by atoms with Crippen molar-refractivity contribution in [3.05, 3.63) is 124 Å². The Kier molecular flexibility index (Phi) is 15.4. The topological polar surface area (TPSA) is 219 Å². The molecule has 74 heavy (non-hydrogen) atoms. The molecule has 0 aliphatic carbocycles. The number of para-hydroxylation sites is 2. The van der Waals surface area contributed by atoms with Gasteiger partial charge in [-0.15, -0.1) is 5.16 Å². The van der Waals surface area contributed by atoms with Crippen molar-refractivity contribution in [3.63, 3.8) is 0 Å². The predicted octanol–water partition coefficient (Wildman–Crippen LogP) is 8.23. The summed E-state index contributed by atoms with van der Waals surface area (Å²) in [6.07, 6.45) is 3.76. The number of amides is 4. The van der Waals surface area contributed by atoms with Crippen molar-refractivity contribution in [1.82, 2.24) is 5.32 Å². The average Bonchev–Trinajstić information content (AvgIpc) is 3.88. The molecule has 0 fully saturated rings. The second kappa shape index (κ2) is 22.2. The molecule has 3 atom stereocenters. The maximum atomic E-state index is 14.1. The number of anilines is 4. The molecule has 384 valence electrons. The van der Waals surface area contributed by atoms with Crippen LogP contribution in [0.25, 0.3) is 0 Å². The van der Waals surface area contributed by atoms with Crippen LogP contribution in [0, 0.1) is 0 Å². The second-order valence-electron chi connectivity index (χ2n) is 18.6. The van der Waals surface area contributed by atoms with Gasteiger partial charge in [0.25, 0.3) is 17.7 Å². The minimum atomic E-state index is -1.19. The van der Waals surface area contributed by atoms with E-state index >= 15 is 0 Å². The lowest BCUT2D eigenvalue weighted by Gasteiger charge is -2.24. The molecule has 9 rings (SSSR count). The van der Waals surface area contributed by atoms with Gasteiger partial charge in [-0.25, -0.2) is 4.79 Å². The number of carbonyl (C=O) groups is 5. The van der Waals surface area contributed by atoms with Gasteiger partial charge >= 0.3 is 5.97 Å². The number of nitrogens with zero attached hydrogens (tertiary/aromatic N) is 4. The van der Waals surface area contributed by atoms with Crippen LogP contribution in [0.5, 0.6) is 23.0 Å². The number of carboxylic acids is 1. The summed E-state index contributed by atoms with van der Waals surface area (Å²) in [5.41, 5.74) is 7.73. The summed E-state index contributed by atoms with van der Waals surface area (Å²) in [5, 5.41) is 21.7. The predicted molar refractivity (Wildman–Crippen MR) is 286 cm³/mol. The molecule has 0 radical (unpaired) electrons. The summed E-state index contributed by atoms with van der Waals surface area (Å²) in [5.74, 6) is -0.857. The summed E-state index contributed by atoms with van der Waals surface area (Å²) in [6, 6.07) is 26.7. The van der Waals surface area contributed by atoms with E-state index in [1.807, 2.05) is 73.3 Å². The molecule has 4 amide bonds. The van der Waals surface area contributed by atoms with Crippen molar-refractivity contribution in [2.24, 2.45) is 10.1 Å². The quantitative estimate of drug-likeness (QED) is 0.0309. The molecule has 4 N–H and O–H groups in total. The number of aliphatic imine (C=N–C) groups is 1. The van der Waals surface area contributed by atoms with E-state index in [0.29, 0.717) is 81.7 Å².